The maximum atomic E-state index is 12.9. The van der Waals surface area contributed by atoms with Gasteiger partial charge in [0, 0.05) is 38.5 Å². The minimum Gasteiger partial charge on any atom is -0.441 e. The predicted molar refractivity (Wildman–Crippen MR) is 95.3 cm³/mol. The third-order valence-electron chi connectivity index (χ3n) is 3.79. The Morgan fingerprint density at radius 3 is 2.65 bits per heavy atom. The van der Waals surface area contributed by atoms with Crippen LogP contribution in [-0.4, -0.2) is 50.0 Å². The van der Waals surface area contributed by atoms with Gasteiger partial charge in [0.1, 0.15) is 5.82 Å². The minimum absolute atomic E-state index is 0.159. The molecule has 0 saturated heterocycles. The molecule has 0 atom stereocenters. The van der Waals surface area contributed by atoms with Gasteiger partial charge in [-0.25, -0.2) is 22.1 Å². The Hall–Kier alpha value is -2.26. The number of oxazole rings is 1. The number of aromatic nitrogens is 1. The van der Waals surface area contributed by atoms with Gasteiger partial charge in [0.2, 0.25) is 15.9 Å². The topological polar surface area (TPSA) is 92.5 Å². The molecule has 1 heterocycles. The molecular weight excluding hydrogens is 361 g/mol. The third-order valence-corrected chi connectivity index (χ3v) is 5.10. The lowest BCUT2D eigenvalue weighted by atomic mass is 10.2. The van der Waals surface area contributed by atoms with Crippen molar-refractivity contribution < 1.29 is 22.0 Å². The monoisotopic (exact) mass is 383 g/mol. The maximum Gasteiger partial charge on any atom is 0.220 e. The van der Waals surface area contributed by atoms with E-state index < -0.39 is 10.0 Å². The van der Waals surface area contributed by atoms with Crippen LogP contribution in [0.1, 0.15) is 18.7 Å². The highest BCUT2D eigenvalue weighted by atomic mass is 32.2. The molecule has 0 fully saturated rings. The van der Waals surface area contributed by atoms with Gasteiger partial charge in [-0.3, -0.25) is 4.79 Å². The molecule has 2 rings (SSSR count). The first-order valence-electron chi connectivity index (χ1n) is 8.14. The summed E-state index contributed by atoms with van der Waals surface area (Å²) in [4.78, 5) is 15.9. The molecule has 1 aromatic heterocycles. The molecule has 0 unspecified atom stereocenters. The molecule has 26 heavy (non-hydrogen) atoms. The molecule has 0 saturated carbocycles. The van der Waals surface area contributed by atoms with Crippen LogP contribution in [0, 0.1) is 5.82 Å². The molecule has 0 spiro atoms. The standard InChI is InChI=1S/C17H22FN3O4S/c1-21(26(2,23)24)11-3-10-19-16(22)8-9-17-20-12-15(25-17)13-4-6-14(18)7-5-13/h4-7,12H,3,8-11H2,1-2H3,(H,19,22). The molecule has 0 aliphatic heterocycles. The Kier molecular flexibility index (Phi) is 6.87. The van der Waals surface area contributed by atoms with E-state index in [0.717, 1.165) is 6.26 Å². The Labute approximate surface area is 152 Å². The average molecular weight is 383 g/mol. The van der Waals surface area contributed by atoms with E-state index in [4.69, 9.17) is 4.42 Å². The summed E-state index contributed by atoms with van der Waals surface area (Å²) in [6, 6.07) is 5.87. The molecule has 142 valence electrons. The molecule has 9 heteroatoms. The second-order valence-electron chi connectivity index (χ2n) is 5.91. The van der Waals surface area contributed by atoms with Crippen LogP contribution in [0.25, 0.3) is 11.3 Å². The van der Waals surface area contributed by atoms with E-state index in [0.29, 0.717) is 43.1 Å². The van der Waals surface area contributed by atoms with Gasteiger partial charge in [0.05, 0.1) is 12.5 Å². The largest absolute Gasteiger partial charge is 0.441 e. The van der Waals surface area contributed by atoms with Gasteiger partial charge in [0.15, 0.2) is 11.7 Å². The Morgan fingerprint density at radius 2 is 2.00 bits per heavy atom. The van der Waals surface area contributed by atoms with Crippen LogP contribution in [-0.2, 0) is 21.2 Å². The highest BCUT2D eigenvalue weighted by Crippen LogP contribution is 2.21. The van der Waals surface area contributed by atoms with Crippen LogP contribution in [0.15, 0.2) is 34.9 Å². The second-order valence-corrected chi connectivity index (χ2v) is 8.00. The lowest BCUT2D eigenvalue weighted by Crippen LogP contribution is -2.31. The zero-order valence-corrected chi connectivity index (χ0v) is 15.6. The van der Waals surface area contributed by atoms with Gasteiger partial charge < -0.3 is 9.73 Å². The van der Waals surface area contributed by atoms with Gasteiger partial charge in [-0.2, -0.15) is 0 Å². The molecule has 0 aliphatic carbocycles. The molecule has 0 bridgehead atoms. The first-order valence-corrected chi connectivity index (χ1v) is 9.99. The van der Waals surface area contributed by atoms with Crippen molar-refractivity contribution in [3.63, 3.8) is 0 Å². The fraction of sp³-hybridized carbons (Fsp3) is 0.412. The van der Waals surface area contributed by atoms with Crippen molar-refractivity contribution in [2.24, 2.45) is 0 Å². The summed E-state index contributed by atoms with van der Waals surface area (Å²) in [5.41, 5.74) is 0.713. The van der Waals surface area contributed by atoms with Gasteiger partial charge in [-0.15, -0.1) is 0 Å². The van der Waals surface area contributed by atoms with E-state index in [9.17, 15) is 17.6 Å². The maximum absolute atomic E-state index is 12.9. The van der Waals surface area contributed by atoms with E-state index in [1.54, 1.807) is 18.3 Å². The van der Waals surface area contributed by atoms with Crippen molar-refractivity contribution in [1.82, 2.24) is 14.6 Å². The second kappa shape index (κ2) is 8.91. The minimum atomic E-state index is -3.19. The van der Waals surface area contributed by atoms with Crippen LogP contribution >= 0.6 is 0 Å². The molecule has 7 nitrogen and oxygen atoms in total. The van der Waals surface area contributed by atoms with Crippen molar-refractivity contribution in [1.29, 1.82) is 0 Å². The molecular formula is C17H22FN3O4S. The first kappa shape index (κ1) is 20.1. The number of aryl methyl sites for hydroxylation is 1. The fourth-order valence-corrected chi connectivity index (χ4v) is 2.64. The van der Waals surface area contributed by atoms with E-state index in [2.05, 4.69) is 10.3 Å². The van der Waals surface area contributed by atoms with Crippen molar-refractivity contribution in [3.8, 4) is 11.3 Å². The zero-order valence-electron chi connectivity index (χ0n) is 14.7. The summed E-state index contributed by atoms with van der Waals surface area (Å²) in [6.07, 6.45) is 3.77. The van der Waals surface area contributed by atoms with Crippen LogP contribution in [0.3, 0.4) is 0 Å². The quantitative estimate of drug-likeness (QED) is 0.667. The summed E-state index contributed by atoms with van der Waals surface area (Å²) >= 11 is 0. The van der Waals surface area contributed by atoms with Gasteiger partial charge >= 0.3 is 0 Å². The highest BCUT2D eigenvalue weighted by molar-refractivity contribution is 7.88. The molecule has 2 aromatic rings. The molecule has 1 amide bonds. The van der Waals surface area contributed by atoms with Crippen LogP contribution in [0.4, 0.5) is 4.39 Å². The SMILES string of the molecule is CN(CCCNC(=O)CCc1ncc(-c2ccc(F)cc2)o1)S(C)(=O)=O. The number of amides is 1. The third kappa shape index (κ3) is 6.23. The van der Waals surface area contributed by atoms with Gasteiger partial charge in [-0.1, -0.05) is 0 Å². The Bertz CT molecular complexity index is 834. The molecule has 1 N–H and O–H groups in total. The number of carbonyl (C=O) groups excluding carboxylic acids is 1. The predicted octanol–water partition coefficient (Wildman–Crippen LogP) is 1.81. The summed E-state index contributed by atoms with van der Waals surface area (Å²) < 4.78 is 42.2. The molecule has 0 aliphatic rings. The summed E-state index contributed by atoms with van der Waals surface area (Å²) in [6.45, 7) is 0.741. The van der Waals surface area contributed by atoms with Crippen molar-refractivity contribution >= 4 is 15.9 Å². The summed E-state index contributed by atoms with van der Waals surface area (Å²) in [7, 11) is -1.70. The Balaban J connectivity index is 1.72. The first-order chi connectivity index (χ1) is 12.3. The number of carbonyl (C=O) groups is 1. The lowest BCUT2D eigenvalue weighted by molar-refractivity contribution is -0.121. The smallest absolute Gasteiger partial charge is 0.220 e. The van der Waals surface area contributed by atoms with Crippen LogP contribution in [0.2, 0.25) is 0 Å². The summed E-state index contributed by atoms with van der Waals surface area (Å²) in [5, 5.41) is 2.73. The number of nitrogens with one attached hydrogen (secondary N) is 1. The van der Waals surface area contributed by atoms with Crippen molar-refractivity contribution in [2.75, 3.05) is 26.4 Å². The van der Waals surface area contributed by atoms with Gasteiger partial charge in [0.25, 0.3) is 0 Å². The van der Waals surface area contributed by atoms with E-state index in [-0.39, 0.29) is 18.1 Å². The number of sulfonamides is 1. The number of nitrogens with zero attached hydrogens (tertiary/aromatic N) is 2. The van der Waals surface area contributed by atoms with E-state index >= 15 is 0 Å². The van der Waals surface area contributed by atoms with Crippen LogP contribution in [0.5, 0.6) is 0 Å². The van der Waals surface area contributed by atoms with Crippen molar-refractivity contribution in [2.45, 2.75) is 19.3 Å². The number of hydrogen-bond acceptors (Lipinski definition) is 5. The molecule has 1 aromatic carbocycles. The van der Waals surface area contributed by atoms with E-state index in [1.165, 1.54) is 23.5 Å². The fourth-order valence-electron chi connectivity index (χ4n) is 2.18. The number of benzene rings is 1. The highest BCUT2D eigenvalue weighted by Gasteiger charge is 2.11. The van der Waals surface area contributed by atoms with E-state index in [1.807, 2.05) is 0 Å². The number of halogens is 1. The van der Waals surface area contributed by atoms with Gasteiger partial charge in [-0.05, 0) is 30.7 Å². The number of rotatable bonds is 9. The summed E-state index contributed by atoms with van der Waals surface area (Å²) in [5.74, 6) is 0.460. The number of hydrogen-bond donors (Lipinski definition) is 1. The molecule has 0 radical (unpaired) electrons. The normalized spacial score (nSPS) is 11.7. The average Bonchev–Trinajstić information content (AvgIpc) is 3.05. The lowest BCUT2D eigenvalue weighted by Gasteiger charge is -2.13. The Morgan fingerprint density at radius 1 is 1.31 bits per heavy atom. The van der Waals surface area contributed by atoms with Crippen LogP contribution < -0.4 is 5.32 Å². The van der Waals surface area contributed by atoms with Crippen molar-refractivity contribution in [3.05, 3.63) is 42.2 Å². The zero-order chi connectivity index (χ0) is 19.2.